The van der Waals surface area contributed by atoms with Crippen LogP contribution in [0.25, 0.3) is 0 Å². The lowest BCUT2D eigenvalue weighted by atomic mass is 10.1. The van der Waals surface area contributed by atoms with Crippen molar-refractivity contribution in [3.05, 3.63) is 72.6 Å². The maximum Gasteiger partial charge on any atom is 0.258 e. The molecule has 3 aromatic rings. The monoisotopic (exact) mass is 303 g/mol. The van der Waals surface area contributed by atoms with Gasteiger partial charge in [0.25, 0.3) is 10.0 Å². The van der Waals surface area contributed by atoms with Crippen molar-refractivity contribution >= 4 is 10.0 Å². The van der Waals surface area contributed by atoms with Gasteiger partial charge in [0.05, 0.1) is 18.8 Å². The van der Waals surface area contributed by atoms with Crippen LogP contribution in [0.4, 0.5) is 0 Å². The number of H-pyrrole nitrogens is 1. The van der Waals surface area contributed by atoms with Gasteiger partial charge in [-0.15, -0.1) is 0 Å². The van der Waals surface area contributed by atoms with Crippen molar-refractivity contribution in [3.8, 4) is 0 Å². The molecule has 0 spiro atoms. The molecule has 0 saturated heterocycles. The van der Waals surface area contributed by atoms with E-state index in [0.29, 0.717) is 5.76 Å². The fraction of sp³-hybridized carbons (Fsp3) is 0.0714. The summed E-state index contributed by atoms with van der Waals surface area (Å²) in [6.07, 6.45) is 4.08. The Kier molecular flexibility index (Phi) is 3.59. The minimum atomic E-state index is -3.72. The third-order valence-corrected chi connectivity index (χ3v) is 4.34. The normalized spacial score (nSPS) is 13.1. The third-order valence-electron chi connectivity index (χ3n) is 3.00. The van der Waals surface area contributed by atoms with Gasteiger partial charge in [-0.1, -0.05) is 30.3 Å². The molecule has 0 radical (unpaired) electrons. The predicted molar refractivity (Wildman–Crippen MR) is 75.9 cm³/mol. The largest absolute Gasteiger partial charge is 0.467 e. The number of aromatic amines is 1. The second kappa shape index (κ2) is 5.55. The lowest BCUT2D eigenvalue weighted by Gasteiger charge is -2.16. The Bertz CT molecular complexity index is 781. The summed E-state index contributed by atoms with van der Waals surface area (Å²) in [6, 6.07) is 12.1. The molecule has 6 nitrogen and oxygen atoms in total. The Hall–Kier alpha value is -2.38. The van der Waals surface area contributed by atoms with Crippen molar-refractivity contribution in [2.45, 2.75) is 11.1 Å². The molecule has 2 aromatic heterocycles. The van der Waals surface area contributed by atoms with Crippen LogP contribution in [0.15, 0.2) is 70.7 Å². The molecule has 21 heavy (non-hydrogen) atoms. The van der Waals surface area contributed by atoms with Gasteiger partial charge in [0.1, 0.15) is 11.8 Å². The Morgan fingerprint density at radius 3 is 2.57 bits per heavy atom. The van der Waals surface area contributed by atoms with E-state index in [4.69, 9.17) is 4.42 Å². The van der Waals surface area contributed by atoms with Crippen molar-refractivity contribution in [2.24, 2.45) is 0 Å². The number of benzene rings is 1. The van der Waals surface area contributed by atoms with E-state index in [2.05, 4.69) is 14.7 Å². The summed E-state index contributed by atoms with van der Waals surface area (Å²) in [6.45, 7) is 0. The SMILES string of the molecule is O=S(=O)(NC(c1ccccc1)c1ccco1)c1cnc[nH]1. The molecule has 0 aliphatic carbocycles. The highest BCUT2D eigenvalue weighted by Crippen LogP contribution is 2.24. The molecule has 0 aliphatic heterocycles. The number of sulfonamides is 1. The quantitative estimate of drug-likeness (QED) is 0.755. The third kappa shape index (κ3) is 2.88. The van der Waals surface area contributed by atoms with E-state index in [1.54, 1.807) is 12.1 Å². The highest BCUT2D eigenvalue weighted by atomic mass is 32.2. The van der Waals surface area contributed by atoms with Gasteiger partial charge >= 0.3 is 0 Å². The number of imidazole rings is 1. The summed E-state index contributed by atoms with van der Waals surface area (Å²) in [5.41, 5.74) is 0.788. The summed E-state index contributed by atoms with van der Waals surface area (Å²) in [7, 11) is -3.72. The van der Waals surface area contributed by atoms with Gasteiger partial charge in [0.15, 0.2) is 5.03 Å². The highest BCUT2D eigenvalue weighted by molar-refractivity contribution is 7.89. The molecule has 2 heterocycles. The van der Waals surface area contributed by atoms with Gasteiger partial charge in [-0.3, -0.25) is 0 Å². The Morgan fingerprint density at radius 2 is 1.95 bits per heavy atom. The Morgan fingerprint density at radius 1 is 1.14 bits per heavy atom. The van der Waals surface area contributed by atoms with E-state index in [-0.39, 0.29) is 5.03 Å². The van der Waals surface area contributed by atoms with Gasteiger partial charge in [-0.25, -0.2) is 13.4 Å². The first-order chi connectivity index (χ1) is 10.2. The highest BCUT2D eigenvalue weighted by Gasteiger charge is 2.25. The van der Waals surface area contributed by atoms with E-state index in [0.717, 1.165) is 5.56 Å². The molecule has 3 rings (SSSR count). The molecular formula is C14H13N3O3S. The number of rotatable bonds is 5. The van der Waals surface area contributed by atoms with Crippen molar-refractivity contribution in [1.29, 1.82) is 0 Å². The Labute approximate surface area is 121 Å². The van der Waals surface area contributed by atoms with E-state index >= 15 is 0 Å². The van der Waals surface area contributed by atoms with Crippen molar-refractivity contribution < 1.29 is 12.8 Å². The molecule has 1 unspecified atom stereocenters. The van der Waals surface area contributed by atoms with Gasteiger partial charge in [-0.05, 0) is 17.7 Å². The van der Waals surface area contributed by atoms with Crippen LogP contribution >= 0.6 is 0 Å². The van der Waals surface area contributed by atoms with Crippen LogP contribution in [0, 0.1) is 0 Å². The predicted octanol–water partition coefficient (Wildman–Crippen LogP) is 2.07. The summed E-state index contributed by atoms with van der Waals surface area (Å²) in [4.78, 5) is 6.32. The number of hydrogen-bond acceptors (Lipinski definition) is 4. The van der Waals surface area contributed by atoms with E-state index < -0.39 is 16.1 Å². The molecule has 0 aliphatic rings. The second-order valence-electron chi connectivity index (χ2n) is 4.40. The van der Waals surface area contributed by atoms with Crippen LogP contribution < -0.4 is 4.72 Å². The van der Waals surface area contributed by atoms with E-state index in [1.807, 2.05) is 30.3 Å². The molecule has 0 amide bonds. The fourth-order valence-corrected chi connectivity index (χ4v) is 3.10. The van der Waals surface area contributed by atoms with Gasteiger partial charge in [0.2, 0.25) is 0 Å². The van der Waals surface area contributed by atoms with E-state index in [9.17, 15) is 8.42 Å². The summed E-state index contributed by atoms with van der Waals surface area (Å²) >= 11 is 0. The lowest BCUT2D eigenvalue weighted by molar-refractivity contribution is 0.470. The van der Waals surface area contributed by atoms with Crippen molar-refractivity contribution in [3.63, 3.8) is 0 Å². The second-order valence-corrected chi connectivity index (χ2v) is 6.08. The summed E-state index contributed by atoms with van der Waals surface area (Å²) < 4.78 is 32.7. The summed E-state index contributed by atoms with van der Waals surface area (Å²) in [5.74, 6) is 0.518. The molecular weight excluding hydrogens is 290 g/mol. The number of aromatic nitrogens is 2. The van der Waals surface area contributed by atoms with Crippen LogP contribution in [-0.4, -0.2) is 18.4 Å². The maximum atomic E-state index is 12.3. The van der Waals surface area contributed by atoms with Crippen molar-refractivity contribution in [2.75, 3.05) is 0 Å². The molecule has 1 aromatic carbocycles. The standard InChI is InChI=1S/C14H13N3O3S/c18-21(19,13-9-15-10-16-13)17-14(12-7-4-8-20-12)11-5-2-1-3-6-11/h1-10,14,17H,(H,15,16). The average molecular weight is 303 g/mol. The topological polar surface area (TPSA) is 88.0 Å². The minimum absolute atomic E-state index is 0.00925. The smallest absolute Gasteiger partial charge is 0.258 e. The fourth-order valence-electron chi connectivity index (χ4n) is 2.00. The van der Waals surface area contributed by atoms with Gasteiger partial charge < -0.3 is 9.40 Å². The van der Waals surface area contributed by atoms with Gasteiger partial charge in [-0.2, -0.15) is 4.72 Å². The first-order valence-electron chi connectivity index (χ1n) is 6.26. The zero-order valence-electron chi connectivity index (χ0n) is 10.9. The lowest BCUT2D eigenvalue weighted by Crippen LogP contribution is -2.29. The number of nitrogens with one attached hydrogen (secondary N) is 2. The number of furan rings is 1. The molecule has 0 fully saturated rings. The van der Waals surface area contributed by atoms with Crippen LogP contribution in [0.2, 0.25) is 0 Å². The molecule has 108 valence electrons. The molecule has 1 atom stereocenters. The molecule has 0 bridgehead atoms. The molecule has 2 N–H and O–H groups in total. The zero-order chi connectivity index (χ0) is 14.7. The summed E-state index contributed by atoms with van der Waals surface area (Å²) in [5, 5.41) is 0.00925. The maximum absolute atomic E-state index is 12.3. The van der Waals surface area contributed by atoms with Crippen LogP contribution in [-0.2, 0) is 10.0 Å². The average Bonchev–Trinajstić information content (AvgIpc) is 3.19. The Balaban J connectivity index is 1.98. The molecule has 7 heteroatoms. The van der Waals surface area contributed by atoms with Crippen molar-refractivity contribution in [1.82, 2.24) is 14.7 Å². The van der Waals surface area contributed by atoms with Crippen LogP contribution in [0.1, 0.15) is 17.4 Å². The zero-order valence-corrected chi connectivity index (χ0v) is 11.7. The van der Waals surface area contributed by atoms with Crippen LogP contribution in [0.5, 0.6) is 0 Å². The minimum Gasteiger partial charge on any atom is -0.467 e. The van der Waals surface area contributed by atoms with Gasteiger partial charge in [0, 0.05) is 0 Å². The molecule has 0 saturated carbocycles. The van der Waals surface area contributed by atoms with E-state index in [1.165, 1.54) is 18.8 Å². The number of hydrogen-bond donors (Lipinski definition) is 2. The first-order valence-corrected chi connectivity index (χ1v) is 7.74. The first kappa shape index (κ1) is 13.6. The number of nitrogens with zero attached hydrogens (tertiary/aromatic N) is 1. The van der Waals surface area contributed by atoms with Crippen LogP contribution in [0.3, 0.4) is 0 Å².